The molecule has 1 nitrogen and oxygen atoms in total. The van der Waals surface area contributed by atoms with E-state index in [4.69, 9.17) is 0 Å². The quantitative estimate of drug-likeness (QED) is 0.799. The molecule has 0 amide bonds. The molecule has 1 unspecified atom stereocenters. The average molecular weight is 249 g/mol. The highest BCUT2D eigenvalue weighted by Crippen LogP contribution is 2.49. The molecule has 2 aliphatic carbocycles. The largest absolute Gasteiger partial charge is 0.309 e. The van der Waals surface area contributed by atoms with Gasteiger partial charge in [-0.3, -0.25) is 0 Å². The molecule has 0 spiro atoms. The topological polar surface area (TPSA) is 12.0 Å². The van der Waals surface area contributed by atoms with Crippen LogP contribution in [0.2, 0.25) is 0 Å². The first-order valence-corrected chi connectivity index (χ1v) is 7.91. The first kappa shape index (κ1) is 11.7. The van der Waals surface area contributed by atoms with Crippen LogP contribution in [0.5, 0.6) is 0 Å². The van der Waals surface area contributed by atoms with E-state index in [1.54, 1.807) is 0 Å². The van der Waals surface area contributed by atoms with Crippen molar-refractivity contribution in [2.45, 2.75) is 45.6 Å². The number of nitrogens with one attached hydrogen (secondary N) is 1. The summed E-state index contributed by atoms with van der Waals surface area (Å²) in [4.78, 5) is 1.52. The van der Waals surface area contributed by atoms with E-state index >= 15 is 0 Å². The SMILES string of the molecule is Cc1ccsc1C(C)NCC(C1CC1)C1CC1. The minimum atomic E-state index is 0.537. The third-order valence-corrected chi connectivity index (χ3v) is 5.61. The van der Waals surface area contributed by atoms with Gasteiger partial charge in [-0.1, -0.05) is 0 Å². The van der Waals surface area contributed by atoms with E-state index in [1.165, 1.54) is 42.7 Å². The Hall–Kier alpha value is -0.340. The van der Waals surface area contributed by atoms with Crippen LogP contribution >= 0.6 is 11.3 Å². The van der Waals surface area contributed by atoms with Crippen molar-refractivity contribution in [2.24, 2.45) is 17.8 Å². The van der Waals surface area contributed by atoms with Gasteiger partial charge in [0.15, 0.2) is 0 Å². The first-order valence-electron chi connectivity index (χ1n) is 7.03. The summed E-state index contributed by atoms with van der Waals surface area (Å²) in [5.41, 5.74) is 1.45. The Labute approximate surface area is 109 Å². The number of rotatable bonds is 6. The van der Waals surface area contributed by atoms with Gasteiger partial charge < -0.3 is 5.32 Å². The lowest BCUT2D eigenvalue weighted by Gasteiger charge is -2.20. The summed E-state index contributed by atoms with van der Waals surface area (Å²) in [5.74, 6) is 3.11. The van der Waals surface area contributed by atoms with Gasteiger partial charge in [0.1, 0.15) is 0 Å². The van der Waals surface area contributed by atoms with E-state index in [-0.39, 0.29) is 0 Å². The molecule has 0 bridgehead atoms. The maximum atomic E-state index is 3.78. The van der Waals surface area contributed by atoms with Gasteiger partial charge in [-0.15, -0.1) is 11.3 Å². The van der Waals surface area contributed by atoms with E-state index in [1.807, 2.05) is 11.3 Å². The van der Waals surface area contributed by atoms with Crippen LogP contribution in [-0.4, -0.2) is 6.54 Å². The van der Waals surface area contributed by atoms with Crippen molar-refractivity contribution in [2.75, 3.05) is 6.54 Å². The van der Waals surface area contributed by atoms with E-state index in [0.717, 1.165) is 17.8 Å². The van der Waals surface area contributed by atoms with Gasteiger partial charge in [-0.05, 0) is 80.8 Å². The monoisotopic (exact) mass is 249 g/mol. The molecule has 0 aromatic carbocycles. The van der Waals surface area contributed by atoms with Crippen molar-refractivity contribution in [3.05, 3.63) is 21.9 Å². The van der Waals surface area contributed by atoms with Gasteiger partial charge in [0, 0.05) is 10.9 Å². The summed E-state index contributed by atoms with van der Waals surface area (Å²) in [6.07, 6.45) is 5.98. The average Bonchev–Trinajstić information content (AvgIpc) is 3.20. The molecule has 3 rings (SSSR count). The minimum absolute atomic E-state index is 0.537. The van der Waals surface area contributed by atoms with Crippen LogP contribution in [-0.2, 0) is 0 Å². The zero-order valence-electron chi connectivity index (χ0n) is 10.9. The molecule has 2 heteroatoms. The zero-order valence-corrected chi connectivity index (χ0v) is 11.7. The van der Waals surface area contributed by atoms with Crippen LogP contribution in [0.3, 0.4) is 0 Å². The minimum Gasteiger partial charge on any atom is -0.309 e. The van der Waals surface area contributed by atoms with Gasteiger partial charge in [0.2, 0.25) is 0 Å². The highest BCUT2D eigenvalue weighted by Gasteiger charge is 2.41. The molecular weight excluding hydrogens is 226 g/mol. The number of hydrogen-bond acceptors (Lipinski definition) is 2. The lowest BCUT2D eigenvalue weighted by Crippen LogP contribution is -2.27. The summed E-state index contributed by atoms with van der Waals surface area (Å²) in [5, 5.41) is 5.99. The van der Waals surface area contributed by atoms with Crippen molar-refractivity contribution >= 4 is 11.3 Å². The van der Waals surface area contributed by atoms with Crippen LogP contribution in [0.15, 0.2) is 11.4 Å². The Morgan fingerprint density at radius 1 is 1.29 bits per heavy atom. The molecule has 94 valence electrons. The Morgan fingerprint density at radius 2 is 1.94 bits per heavy atom. The van der Waals surface area contributed by atoms with Crippen LogP contribution < -0.4 is 5.32 Å². The van der Waals surface area contributed by atoms with E-state index < -0.39 is 0 Å². The maximum Gasteiger partial charge on any atom is 0.0388 e. The molecule has 0 aliphatic heterocycles. The van der Waals surface area contributed by atoms with Crippen molar-refractivity contribution in [1.29, 1.82) is 0 Å². The van der Waals surface area contributed by atoms with Crippen LogP contribution in [0, 0.1) is 24.7 Å². The molecule has 2 saturated carbocycles. The van der Waals surface area contributed by atoms with Crippen molar-refractivity contribution in [3.8, 4) is 0 Å². The second-order valence-corrected chi connectivity index (χ2v) is 6.88. The van der Waals surface area contributed by atoms with Gasteiger partial charge in [-0.25, -0.2) is 0 Å². The molecular formula is C15H23NS. The second kappa shape index (κ2) is 4.74. The van der Waals surface area contributed by atoms with Gasteiger partial charge in [0.25, 0.3) is 0 Å². The molecule has 1 aromatic rings. The lowest BCUT2D eigenvalue weighted by molar-refractivity contribution is 0.363. The summed E-state index contributed by atoms with van der Waals surface area (Å²) in [7, 11) is 0. The Balaban J connectivity index is 1.54. The van der Waals surface area contributed by atoms with E-state index in [2.05, 4.69) is 30.6 Å². The molecule has 1 atom stereocenters. The highest BCUT2D eigenvalue weighted by atomic mass is 32.1. The van der Waals surface area contributed by atoms with Gasteiger partial charge in [-0.2, -0.15) is 0 Å². The molecule has 1 aromatic heterocycles. The van der Waals surface area contributed by atoms with Gasteiger partial charge in [0.05, 0.1) is 0 Å². The molecule has 0 radical (unpaired) electrons. The fourth-order valence-corrected chi connectivity index (χ4v) is 3.96. The van der Waals surface area contributed by atoms with Gasteiger partial charge >= 0.3 is 0 Å². The molecule has 2 aliphatic rings. The predicted octanol–water partition coefficient (Wildman–Crippen LogP) is 4.14. The first-order chi connectivity index (χ1) is 8.25. The summed E-state index contributed by atoms with van der Waals surface area (Å²) < 4.78 is 0. The Bertz CT molecular complexity index is 364. The molecule has 2 fully saturated rings. The number of aryl methyl sites for hydroxylation is 1. The normalized spacial score (nSPS) is 22.1. The summed E-state index contributed by atoms with van der Waals surface area (Å²) >= 11 is 1.89. The second-order valence-electron chi connectivity index (χ2n) is 5.94. The van der Waals surface area contributed by atoms with Crippen LogP contribution in [0.25, 0.3) is 0 Å². The highest BCUT2D eigenvalue weighted by molar-refractivity contribution is 7.10. The maximum absolute atomic E-state index is 3.78. The summed E-state index contributed by atoms with van der Waals surface area (Å²) in [6, 6.07) is 2.77. The Kier molecular flexibility index (Phi) is 3.27. The fourth-order valence-electron chi connectivity index (χ4n) is 3.00. The molecule has 17 heavy (non-hydrogen) atoms. The number of thiophene rings is 1. The number of hydrogen-bond donors (Lipinski definition) is 1. The third kappa shape index (κ3) is 2.74. The summed E-state index contributed by atoms with van der Waals surface area (Å²) in [6.45, 7) is 5.78. The smallest absolute Gasteiger partial charge is 0.0388 e. The lowest BCUT2D eigenvalue weighted by atomic mass is 9.97. The van der Waals surface area contributed by atoms with Crippen LogP contribution in [0.4, 0.5) is 0 Å². The van der Waals surface area contributed by atoms with E-state index in [0.29, 0.717) is 6.04 Å². The van der Waals surface area contributed by atoms with E-state index in [9.17, 15) is 0 Å². The van der Waals surface area contributed by atoms with Crippen molar-refractivity contribution in [3.63, 3.8) is 0 Å². The third-order valence-electron chi connectivity index (χ3n) is 4.41. The van der Waals surface area contributed by atoms with Crippen molar-refractivity contribution in [1.82, 2.24) is 5.32 Å². The Morgan fingerprint density at radius 3 is 2.41 bits per heavy atom. The van der Waals surface area contributed by atoms with Crippen molar-refractivity contribution < 1.29 is 0 Å². The van der Waals surface area contributed by atoms with Crippen LogP contribution in [0.1, 0.15) is 49.1 Å². The molecule has 1 heterocycles. The fraction of sp³-hybridized carbons (Fsp3) is 0.733. The zero-order chi connectivity index (χ0) is 11.8. The standard InChI is InChI=1S/C15H23NS/c1-10-7-8-17-15(10)11(2)16-9-14(12-3-4-12)13-5-6-13/h7-8,11-14,16H,3-6,9H2,1-2H3. The predicted molar refractivity (Wildman–Crippen MR) is 74.4 cm³/mol. The molecule has 1 N–H and O–H groups in total. The molecule has 0 saturated heterocycles.